The molecule has 4 rings (SSSR count). The SMILES string of the molecule is CCOC(=O)c1c(NC(=O)C(Cl)(c2ccccc2)c2ccccc2)sc2c1CCCC2. The number of thiophene rings is 1. The van der Waals surface area contributed by atoms with Crippen molar-refractivity contribution in [2.45, 2.75) is 37.5 Å². The van der Waals surface area contributed by atoms with Crippen LogP contribution in [0.3, 0.4) is 0 Å². The van der Waals surface area contributed by atoms with Gasteiger partial charge in [-0.1, -0.05) is 72.3 Å². The van der Waals surface area contributed by atoms with Crippen molar-refractivity contribution in [1.82, 2.24) is 0 Å². The maximum atomic E-state index is 13.7. The summed E-state index contributed by atoms with van der Waals surface area (Å²) in [6.45, 7) is 2.06. The number of ether oxygens (including phenoxy) is 1. The van der Waals surface area contributed by atoms with Crippen molar-refractivity contribution in [3.05, 3.63) is 87.8 Å². The number of halogens is 1. The monoisotopic (exact) mass is 453 g/mol. The predicted octanol–water partition coefficient (Wildman–Crippen LogP) is 5.92. The number of hydrogen-bond donors (Lipinski definition) is 1. The lowest BCUT2D eigenvalue weighted by atomic mass is 9.89. The van der Waals surface area contributed by atoms with Gasteiger partial charge in [-0.2, -0.15) is 0 Å². The van der Waals surface area contributed by atoms with Crippen molar-refractivity contribution in [3.63, 3.8) is 0 Å². The van der Waals surface area contributed by atoms with Gasteiger partial charge in [-0.3, -0.25) is 4.79 Å². The summed E-state index contributed by atoms with van der Waals surface area (Å²) in [5.41, 5.74) is 2.82. The summed E-state index contributed by atoms with van der Waals surface area (Å²) in [5, 5.41) is 3.51. The second-order valence-electron chi connectivity index (χ2n) is 7.48. The van der Waals surface area contributed by atoms with Crippen molar-refractivity contribution in [2.75, 3.05) is 11.9 Å². The Labute approximate surface area is 191 Å². The molecule has 0 radical (unpaired) electrons. The number of anilines is 1. The van der Waals surface area contributed by atoms with Crippen LogP contribution in [0.25, 0.3) is 0 Å². The van der Waals surface area contributed by atoms with Gasteiger partial charge in [-0.05, 0) is 49.3 Å². The third-order valence-electron chi connectivity index (χ3n) is 5.53. The van der Waals surface area contributed by atoms with E-state index in [2.05, 4.69) is 5.32 Å². The Balaban J connectivity index is 1.77. The van der Waals surface area contributed by atoms with E-state index in [9.17, 15) is 9.59 Å². The summed E-state index contributed by atoms with van der Waals surface area (Å²) in [5.74, 6) is -0.785. The average Bonchev–Trinajstić information content (AvgIpc) is 3.17. The van der Waals surface area contributed by atoms with Gasteiger partial charge in [0, 0.05) is 4.88 Å². The quantitative estimate of drug-likeness (QED) is 0.372. The number of aryl methyl sites for hydroxylation is 1. The molecule has 0 aliphatic heterocycles. The molecule has 0 saturated heterocycles. The summed E-state index contributed by atoms with van der Waals surface area (Å²) >= 11 is 8.55. The molecule has 1 heterocycles. The second-order valence-corrected chi connectivity index (χ2v) is 9.15. The third-order valence-corrected chi connectivity index (χ3v) is 7.35. The van der Waals surface area contributed by atoms with E-state index in [1.54, 1.807) is 6.92 Å². The number of hydrogen-bond acceptors (Lipinski definition) is 4. The largest absolute Gasteiger partial charge is 0.462 e. The first kappa shape index (κ1) is 21.6. The number of carbonyl (C=O) groups is 2. The highest BCUT2D eigenvalue weighted by atomic mass is 35.5. The van der Waals surface area contributed by atoms with Gasteiger partial charge in [0.1, 0.15) is 5.00 Å². The Hall–Kier alpha value is -2.63. The van der Waals surface area contributed by atoms with E-state index in [1.807, 2.05) is 60.7 Å². The van der Waals surface area contributed by atoms with Gasteiger partial charge >= 0.3 is 5.97 Å². The number of rotatable bonds is 6. The zero-order chi connectivity index (χ0) is 21.8. The van der Waals surface area contributed by atoms with Crippen LogP contribution in [0, 0.1) is 0 Å². The molecule has 0 bridgehead atoms. The van der Waals surface area contributed by atoms with E-state index in [4.69, 9.17) is 16.3 Å². The molecule has 0 saturated carbocycles. The molecule has 0 atom stereocenters. The van der Waals surface area contributed by atoms with Crippen LogP contribution in [0.15, 0.2) is 60.7 Å². The second kappa shape index (κ2) is 9.25. The fraction of sp³-hybridized carbons (Fsp3) is 0.280. The molecule has 1 aromatic heterocycles. The third kappa shape index (κ3) is 4.12. The molecule has 1 aliphatic rings. The van der Waals surface area contributed by atoms with Crippen molar-refractivity contribution in [3.8, 4) is 0 Å². The first-order valence-electron chi connectivity index (χ1n) is 10.5. The lowest BCUT2D eigenvalue weighted by Gasteiger charge is -2.27. The maximum absolute atomic E-state index is 13.7. The fourth-order valence-electron chi connectivity index (χ4n) is 4.03. The lowest BCUT2D eigenvalue weighted by molar-refractivity contribution is -0.117. The molecule has 2 aromatic carbocycles. The molecule has 1 aliphatic carbocycles. The molecule has 0 spiro atoms. The highest BCUT2D eigenvalue weighted by molar-refractivity contribution is 7.17. The molecular formula is C25H24ClNO3S. The van der Waals surface area contributed by atoms with Crippen LogP contribution in [-0.2, 0) is 27.2 Å². The van der Waals surface area contributed by atoms with Crippen LogP contribution in [-0.4, -0.2) is 18.5 Å². The highest BCUT2D eigenvalue weighted by Gasteiger charge is 2.41. The van der Waals surface area contributed by atoms with Gasteiger partial charge < -0.3 is 10.1 Å². The Morgan fingerprint density at radius 1 is 1.00 bits per heavy atom. The number of nitrogens with one attached hydrogen (secondary N) is 1. The van der Waals surface area contributed by atoms with Crippen LogP contribution in [0.1, 0.15) is 51.7 Å². The molecule has 1 amide bonds. The van der Waals surface area contributed by atoms with Crippen LogP contribution in [0.4, 0.5) is 5.00 Å². The predicted molar refractivity (Wildman–Crippen MR) is 125 cm³/mol. The number of alkyl halides is 1. The molecule has 0 fully saturated rings. The van der Waals surface area contributed by atoms with E-state index in [1.165, 1.54) is 11.3 Å². The van der Waals surface area contributed by atoms with Crippen molar-refractivity contribution in [1.29, 1.82) is 0 Å². The zero-order valence-corrected chi connectivity index (χ0v) is 18.9. The Kier molecular flexibility index (Phi) is 6.44. The number of esters is 1. The molecule has 0 unspecified atom stereocenters. The van der Waals surface area contributed by atoms with Crippen LogP contribution < -0.4 is 5.32 Å². The Morgan fingerprint density at radius 2 is 1.58 bits per heavy atom. The highest BCUT2D eigenvalue weighted by Crippen LogP contribution is 2.42. The minimum absolute atomic E-state index is 0.282. The maximum Gasteiger partial charge on any atom is 0.341 e. The minimum atomic E-state index is -1.43. The molecule has 3 aromatic rings. The van der Waals surface area contributed by atoms with Gasteiger partial charge in [-0.25, -0.2) is 4.79 Å². The molecule has 1 N–H and O–H groups in total. The number of benzene rings is 2. The van der Waals surface area contributed by atoms with E-state index in [0.29, 0.717) is 21.7 Å². The summed E-state index contributed by atoms with van der Waals surface area (Å²) < 4.78 is 5.31. The van der Waals surface area contributed by atoms with Gasteiger partial charge in [-0.15, -0.1) is 11.3 Å². The van der Waals surface area contributed by atoms with Crippen molar-refractivity contribution in [2.24, 2.45) is 0 Å². The van der Waals surface area contributed by atoms with E-state index < -0.39 is 16.8 Å². The van der Waals surface area contributed by atoms with E-state index >= 15 is 0 Å². The normalized spacial score (nSPS) is 13.4. The summed E-state index contributed by atoms with van der Waals surface area (Å²) in [7, 11) is 0. The molecule has 4 nitrogen and oxygen atoms in total. The van der Waals surface area contributed by atoms with Crippen molar-refractivity contribution < 1.29 is 14.3 Å². The Morgan fingerprint density at radius 3 is 2.16 bits per heavy atom. The van der Waals surface area contributed by atoms with Crippen LogP contribution in [0.5, 0.6) is 0 Å². The number of fused-ring (bicyclic) bond motifs is 1. The van der Waals surface area contributed by atoms with Gasteiger partial charge in [0.25, 0.3) is 5.91 Å². The zero-order valence-electron chi connectivity index (χ0n) is 17.3. The fourth-order valence-corrected chi connectivity index (χ4v) is 5.60. The molecule has 160 valence electrons. The van der Waals surface area contributed by atoms with E-state index in [0.717, 1.165) is 36.1 Å². The topological polar surface area (TPSA) is 55.4 Å². The number of carbonyl (C=O) groups excluding carboxylic acids is 2. The summed E-state index contributed by atoms with van der Waals surface area (Å²) in [6.07, 6.45) is 3.83. The van der Waals surface area contributed by atoms with Gasteiger partial charge in [0.15, 0.2) is 4.87 Å². The van der Waals surface area contributed by atoms with Crippen molar-refractivity contribution >= 4 is 39.8 Å². The van der Waals surface area contributed by atoms with Crippen LogP contribution in [0.2, 0.25) is 0 Å². The lowest BCUT2D eigenvalue weighted by Crippen LogP contribution is -2.36. The molecule has 31 heavy (non-hydrogen) atoms. The minimum Gasteiger partial charge on any atom is -0.462 e. The number of amides is 1. The van der Waals surface area contributed by atoms with Crippen LogP contribution >= 0.6 is 22.9 Å². The van der Waals surface area contributed by atoms with Gasteiger partial charge in [0.05, 0.1) is 12.2 Å². The Bertz CT molecular complexity index is 1040. The smallest absolute Gasteiger partial charge is 0.341 e. The molecule has 6 heteroatoms. The first-order valence-corrected chi connectivity index (χ1v) is 11.7. The van der Waals surface area contributed by atoms with E-state index in [-0.39, 0.29) is 6.61 Å². The summed E-state index contributed by atoms with van der Waals surface area (Å²) in [4.78, 5) is 26.2. The standard InChI is InChI=1S/C25H24ClNO3S/c1-2-30-23(28)21-19-15-9-10-16-20(19)31-22(21)27-24(29)25(26,17-11-5-3-6-12-17)18-13-7-4-8-14-18/h3-8,11-14H,2,9-10,15-16H2,1H3,(H,27,29). The average molecular weight is 454 g/mol. The molecular weight excluding hydrogens is 430 g/mol. The summed E-state index contributed by atoms with van der Waals surface area (Å²) in [6, 6.07) is 18.6. The van der Waals surface area contributed by atoms with Gasteiger partial charge in [0.2, 0.25) is 0 Å². The first-order chi connectivity index (χ1) is 15.1.